The maximum atomic E-state index is 12.5. The van der Waals surface area contributed by atoms with Crippen molar-refractivity contribution in [2.75, 3.05) is 13.2 Å². The van der Waals surface area contributed by atoms with Crippen molar-refractivity contribution in [3.05, 3.63) is 40.1 Å². The molecule has 1 amide bonds. The van der Waals surface area contributed by atoms with Gasteiger partial charge in [0.1, 0.15) is 5.82 Å². The fourth-order valence-electron chi connectivity index (χ4n) is 2.33. The van der Waals surface area contributed by atoms with Crippen molar-refractivity contribution in [2.45, 2.75) is 39.8 Å². The molecule has 0 atom stereocenters. The van der Waals surface area contributed by atoms with Crippen LogP contribution in [0, 0.1) is 13.8 Å². The molecular weight excluding hydrogens is 298 g/mol. The zero-order chi connectivity index (χ0) is 15.9. The van der Waals surface area contributed by atoms with Gasteiger partial charge in [-0.1, -0.05) is 0 Å². The minimum absolute atomic E-state index is 0.105. The summed E-state index contributed by atoms with van der Waals surface area (Å²) in [6, 6.07) is 4.14. The number of hydrogen-bond acceptors (Lipinski definition) is 4. The number of thiophene rings is 1. The Morgan fingerprint density at radius 3 is 2.82 bits per heavy atom. The van der Waals surface area contributed by atoms with E-state index >= 15 is 0 Å². The second-order valence-electron chi connectivity index (χ2n) is 5.32. The Hall–Kier alpha value is -1.66. The van der Waals surface area contributed by atoms with Crippen LogP contribution in [0.5, 0.6) is 0 Å². The van der Waals surface area contributed by atoms with E-state index in [1.165, 1.54) is 9.75 Å². The number of aliphatic hydroxyl groups excluding tert-OH is 1. The Labute approximate surface area is 135 Å². The van der Waals surface area contributed by atoms with Crippen LogP contribution in [0.25, 0.3) is 0 Å². The third-order valence-corrected chi connectivity index (χ3v) is 4.56. The summed E-state index contributed by atoms with van der Waals surface area (Å²) < 4.78 is 1.98. The van der Waals surface area contributed by atoms with E-state index in [2.05, 4.69) is 24.0 Å². The quantitative estimate of drug-likeness (QED) is 0.812. The van der Waals surface area contributed by atoms with Crippen LogP contribution < -0.4 is 0 Å². The molecule has 0 aliphatic rings. The molecular formula is C16H23N3O2S. The molecule has 0 spiro atoms. The van der Waals surface area contributed by atoms with Crippen molar-refractivity contribution in [3.8, 4) is 0 Å². The van der Waals surface area contributed by atoms with Crippen LogP contribution in [0.15, 0.2) is 24.5 Å². The predicted octanol–water partition coefficient (Wildman–Crippen LogP) is 2.36. The van der Waals surface area contributed by atoms with E-state index in [0.717, 1.165) is 5.82 Å². The Bertz CT molecular complexity index is 606. The Kier molecular flexibility index (Phi) is 6.15. The molecule has 0 aromatic carbocycles. The molecule has 2 heterocycles. The smallest absolute Gasteiger partial charge is 0.224 e. The zero-order valence-electron chi connectivity index (χ0n) is 13.2. The number of carbonyl (C=O) groups is 1. The maximum absolute atomic E-state index is 12.5. The minimum Gasteiger partial charge on any atom is -0.396 e. The van der Waals surface area contributed by atoms with Gasteiger partial charge in [-0.2, -0.15) is 0 Å². The first-order chi connectivity index (χ1) is 10.6. The van der Waals surface area contributed by atoms with Crippen LogP contribution in [0.2, 0.25) is 0 Å². The topological polar surface area (TPSA) is 58.4 Å². The zero-order valence-corrected chi connectivity index (χ0v) is 14.0. The van der Waals surface area contributed by atoms with Crippen molar-refractivity contribution < 1.29 is 9.90 Å². The van der Waals surface area contributed by atoms with E-state index in [1.54, 1.807) is 17.5 Å². The molecule has 22 heavy (non-hydrogen) atoms. The molecule has 1 N–H and O–H groups in total. The standard InChI is InChI=1S/C16H23N3O2S/c1-13-4-5-15(22-13)12-19(8-3-11-20)16(21)6-9-18-10-7-17-14(18)2/h4-5,7,10,20H,3,6,8-9,11-12H2,1-2H3. The van der Waals surface area contributed by atoms with Crippen molar-refractivity contribution in [1.82, 2.24) is 14.5 Å². The number of amides is 1. The fourth-order valence-corrected chi connectivity index (χ4v) is 3.23. The highest BCUT2D eigenvalue weighted by molar-refractivity contribution is 7.11. The highest BCUT2D eigenvalue weighted by atomic mass is 32.1. The first-order valence-corrected chi connectivity index (χ1v) is 8.33. The van der Waals surface area contributed by atoms with E-state index in [4.69, 9.17) is 5.11 Å². The van der Waals surface area contributed by atoms with Crippen LogP contribution in [0.4, 0.5) is 0 Å². The lowest BCUT2D eigenvalue weighted by molar-refractivity contribution is -0.132. The molecule has 0 unspecified atom stereocenters. The summed E-state index contributed by atoms with van der Waals surface area (Å²) in [5.41, 5.74) is 0. The molecule has 2 aromatic heterocycles. The van der Waals surface area contributed by atoms with Gasteiger partial charge in [-0.3, -0.25) is 4.79 Å². The summed E-state index contributed by atoms with van der Waals surface area (Å²) >= 11 is 1.71. The van der Waals surface area contributed by atoms with Crippen molar-refractivity contribution in [3.63, 3.8) is 0 Å². The number of rotatable bonds is 8. The van der Waals surface area contributed by atoms with Crippen molar-refractivity contribution in [1.29, 1.82) is 0 Å². The van der Waals surface area contributed by atoms with Crippen LogP contribution in [0.3, 0.4) is 0 Å². The van der Waals surface area contributed by atoms with Gasteiger partial charge in [0.25, 0.3) is 0 Å². The van der Waals surface area contributed by atoms with Gasteiger partial charge in [-0.15, -0.1) is 11.3 Å². The molecule has 0 aliphatic heterocycles. The van der Waals surface area contributed by atoms with Crippen LogP contribution in [-0.2, 0) is 17.9 Å². The molecule has 2 aromatic rings. The normalized spacial score (nSPS) is 10.9. The Balaban J connectivity index is 1.94. The summed E-state index contributed by atoms with van der Waals surface area (Å²) in [7, 11) is 0. The van der Waals surface area contributed by atoms with Gasteiger partial charge in [0.05, 0.1) is 6.54 Å². The number of aryl methyl sites for hydroxylation is 3. The highest BCUT2D eigenvalue weighted by Crippen LogP contribution is 2.18. The summed E-state index contributed by atoms with van der Waals surface area (Å²) in [4.78, 5) is 20.9. The fraction of sp³-hybridized carbons (Fsp3) is 0.500. The average Bonchev–Trinajstić information content (AvgIpc) is 3.09. The predicted molar refractivity (Wildman–Crippen MR) is 87.8 cm³/mol. The molecule has 2 rings (SSSR count). The number of imidazole rings is 1. The number of nitrogens with zero attached hydrogens (tertiary/aromatic N) is 3. The Morgan fingerprint density at radius 1 is 1.41 bits per heavy atom. The van der Waals surface area contributed by atoms with Gasteiger partial charge >= 0.3 is 0 Å². The monoisotopic (exact) mass is 321 g/mol. The van der Waals surface area contributed by atoms with Gasteiger partial charge in [-0.25, -0.2) is 4.98 Å². The van der Waals surface area contributed by atoms with Crippen LogP contribution >= 0.6 is 11.3 Å². The van der Waals surface area contributed by atoms with E-state index in [-0.39, 0.29) is 12.5 Å². The van der Waals surface area contributed by atoms with Crippen molar-refractivity contribution in [2.24, 2.45) is 0 Å². The van der Waals surface area contributed by atoms with E-state index in [1.807, 2.05) is 22.6 Å². The van der Waals surface area contributed by atoms with Gasteiger partial charge in [0.15, 0.2) is 0 Å². The maximum Gasteiger partial charge on any atom is 0.224 e. The summed E-state index contributed by atoms with van der Waals surface area (Å²) in [6.07, 6.45) is 4.70. The Morgan fingerprint density at radius 2 is 2.23 bits per heavy atom. The number of aliphatic hydroxyl groups is 1. The molecule has 0 radical (unpaired) electrons. The molecule has 0 bridgehead atoms. The number of carbonyl (C=O) groups excluding carboxylic acids is 1. The minimum atomic E-state index is 0.105. The average molecular weight is 321 g/mol. The van der Waals surface area contributed by atoms with E-state index < -0.39 is 0 Å². The second kappa shape index (κ2) is 8.10. The third kappa shape index (κ3) is 4.68. The summed E-state index contributed by atoms with van der Waals surface area (Å²) in [6.45, 7) is 5.96. The first kappa shape index (κ1) is 16.7. The lowest BCUT2D eigenvalue weighted by Gasteiger charge is -2.22. The summed E-state index contributed by atoms with van der Waals surface area (Å²) in [5.74, 6) is 1.04. The molecule has 0 saturated carbocycles. The lowest BCUT2D eigenvalue weighted by atomic mass is 10.3. The number of hydrogen-bond donors (Lipinski definition) is 1. The molecule has 5 nitrogen and oxygen atoms in total. The molecule has 120 valence electrons. The van der Waals surface area contributed by atoms with Crippen LogP contribution in [0.1, 0.15) is 28.4 Å². The number of aromatic nitrogens is 2. The van der Waals surface area contributed by atoms with E-state index in [0.29, 0.717) is 32.5 Å². The highest BCUT2D eigenvalue weighted by Gasteiger charge is 2.15. The molecule has 6 heteroatoms. The van der Waals surface area contributed by atoms with E-state index in [9.17, 15) is 4.79 Å². The van der Waals surface area contributed by atoms with Crippen molar-refractivity contribution >= 4 is 17.2 Å². The second-order valence-corrected chi connectivity index (χ2v) is 6.70. The molecule has 0 saturated heterocycles. The SMILES string of the molecule is Cc1ccc(CN(CCCO)C(=O)CCn2ccnc2C)s1. The third-order valence-electron chi connectivity index (χ3n) is 3.57. The van der Waals surface area contributed by atoms with Gasteiger partial charge in [0, 0.05) is 48.3 Å². The van der Waals surface area contributed by atoms with Gasteiger partial charge in [0.2, 0.25) is 5.91 Å². The first-order valence-electron chi connectivity index (χ1n) is 7.52. The van der Waals surface area contributed by atoms with Crippen LogP contribution in [-0.4, -0.2) is 38.6 Å². The van der Waals surface area contributed by atoms with Gasteiger partial charge in [-0.05, 0) is 32.4 Å². The largest absolute Gasteiger partial charge is 0.396 e. The van der Waals surface area contributed by atoms with Gasteiger partial charge < -0.3 is 14.6 Å². The summed E-state index contributed by atoms with van der Waals surface area (Å²) in [5, 5.41) is 9.04. The molecule has 0 aliphatic carbocycles. The molecule has 0 fully saturated rings. The lowest BCUT2D eigenvalue weighted by Crippen LogP contribution is -2.32.